The molecule has 1 aromatic heterocycles. The van der Waals surface area contributed by atoms with Crippen molar-refractivity contribution in [3.63, 3.8) is 0 Å². The average molecular weight is 287 g/mol. The van der Waals surface area contributed by atoms with Crippen molar-refractivity contribution < 1.29 is 8.42 Å². The molecule has 1 heterocycles. The number of aryl methyl sites for hydroxylation is 1. The summed E-state index contributed by atoms with van der Waals surface area (Å²) in [5, 5.41) is 0.436. The molecule has 0 fully saturated rings. The van der Waals surface area contributed by atoms with Crippen LogP contribution in [0.2, 0.25) is 15.2 Å². The fraction of sp³-hybridized carbons (Fsp3) is 0.125. The first-order valence-corrected chi connectivity index (χ1v) is 6.38. The largest absolute Gasteiger partial charge is 0.238 e. The van der Waals surface area contributed by atoms with Gasteiger partial charge >= 0.3 is 0 Å². The molecule has 15 heavy (non-hydrogen) atoms. The van der Waals surface area contributed by atoms with E-state index in [0.717, 1.165) is 5.41 Å². The Hall–Kier alpha value is -0.290. The van der Waals surface area contributed by atoms with Crippen molar-refractivity contribution in [1.29, 1.82) is 0 Å². The lowest BCUT2D eigenvalue weighted by atomic mass is 10.4. The van der Waals surface area contributed by atoms with Crippen LogP contribution >= 0.6 is 34.8 Å². The lowest BCUT2D eigenvalue weighted by molar-refractivity contribution is 0.604. The van der Waals surface area contributed by atoms with Crippen LogP contribution in [0.25, 0.3) is 0 Å². The summed E-state index contributed by atoms with van der Waals surface area (Å²) in [6.07, 6.45) is 0. The van der Waals surface area contributed by atoms with E-state index in [1.807, 2.05) is 0 Å². The molecule has 3 nitrogen and oxygen atoms in total. The molecule has 0 saturated heterocycles. The molecule has 0 radical (unpaired) electrons. The van der Waals surface area contributed by atoms with Crippen LogP contribution in [0.5, 0.6) is 0 Å². The maximum absolute atomic E-state index is 11.6. The van der Waals surface area contributed by atoms with Crippen molar-refractivity contribution >= 4 is 44.6 Å². The maximum Gasteiger partial charge on any atom is 0.202 e. The highest BCUT2D eigenvalue weighted by Gasteiger charge is 2.23. The SMILES string of the molecule is C=CS(=O)(=O)c1c(Cl)c(C)nc(Cl)c1Cl. The van der Waals surface area contributed by atoms with Crippen LogP contribution in [0.15, 0.2) is 16.9 Å². The highest BCUT2D eigenvalue weighted by Crippen LogP contribution is 2.36. The molecule has 1 aromatic rings. The van der Waals surface area contributed by atoms with Gasteiger partial charge in [0, 0.05) is 5.41 Å². The van der Waals surface area contributed by atoms with E-state index in [2.05, 4.69) is 11.6 Å². The zero-order valence-corrected chi connectivity index (χ0v) is 10.7. The lowest BCUT2D eigenvalue weighted by Gasteiger charge is -2.08. The molecule has 0 aliphatic rings. The lowest BCUT2D eigenvalue weighted by Crippen LogP contribution is -2.01. The van der Waals surface area contributed by atoms with Gasteiger partial charge in [0.25, 0.3) is 0 Å². The zero-order valence-electron chi connectivity index (χ0n) is 7.59. The number of rotatable bonds is 2. The molecule has 0 atom stereocenters. The molecule has 0 saturated carbocycles. The molecular weight excluding hydrogens is 281 g/mol. The molecule has 0 aliphatic carbocycles. The fourth-order valence-corrected chi connectivity index (χ4v) is 3.09. The second-order valence-electron chi connectivity index (χ2n) is 2.66. The summed E-state index contributed by atoms with van der Waals surface area (Å²) in [5.41, 5.74) is 0.298. The Kier molecular flexibility index (Phi) is 3.66. The van der Waals surface area contributed by atoms with E-state index in [1.54, 1.807) is 0 Å². The van der Waals surface area contributed by atoms with Crippen LogP contribution < -0.4 is 0 Å². The number of hydrogen-bond donors (Lipinski definition) is 0. The van der Waals surface area contributed by atoms with Gasteiger partial charge in [-0.15, -0.1) is 0 Å². The van der Waals surface area contributed by atoms with Gasteiger partial charge in [-0.1, -0.05) is 41.4 Å². The molecular formula is C8H6Cl3NO2S. The van der Waals surface area contributed by atoms with Gasteiger partial charge in [0.2, 0.25) is 9.84 Å². The standard InChI is InChI=1S/C8H6Cl3NO2S/c1-3-15(13,14)7-5(9)4(2)12-8(11)6(7)10/h3H,1H2,2H3. The summed E-state index contributed by atoms with van der Waals surface area (Å²) in [7, 11) is -3.73. The minimum Gasteiger partial charge on any atom is -0.238 e. The molecule has 7 heteroatoms. The van der Waals surface area contributed by atoms with Crippen molar-refractivity contribution in [3.05, 3.63) is 32.9 Å². The first-order valence-electron chi connectivity index (χ1n) is 3.70. The van der Waals surface area contributed by atoms with Crippen LogP contribution in [-0.2, 0) is 9.84 Å². The van der Waals surface area contributed by atoms with Crippen LogP contribution in [0.4, 0.5) is 0 Å². The van der Waals surface area contributed by atoms with E-state index < -0.39 is 9.84 Å². The summed E-state index contributed by atoms with van der Waals surface area (Å²) >= 11 is 17.2. The third-order valence-electron chi connectivity index (χ3n) is 1.67. The van der Waals surface area contributed by atoms with Gasteiger partial charge in [-0.25, -0.2) is 13.4 Å². The van der Waals surface area contributed by atoms with Gasteiger partial charge in [0.1, 0.15) is 10.0 Å². The summed E-state index contributed by atoms with van der Waals surface area (Å²) in [4.78, 5) is 3.53. The Morgan fingerprint density at radius 1 is 1.27 bits per heavy atom. The quantitative estimate of drug-likeness (QED) is 0.784. The fourth-order valence-electron chi connectivity index (χ4n) is 0.933. The zero-order chi connectivity index (χ0) is 11.8. The Labute approximate surface area is 103 Å². The molecule has 0 aliphatic heterocycles. The maximum atomic E-state index is 11.6. The van der Waals surface area contributed by atoms with Crippen LogP contribution in [0.1, 0.15) is 5.69 Å². The smallest absolute Gasteiger partial charge is 0.202 e. The first kappa shape index (κ1) is 12.8. The third kappa shape index (κ3) is 2.28. The highest BCUT2D eigenvalue weighted by molar-refractivity contribution is 7.94. The molecule has 0 bridgehead atoms. The van der Waals surface area contributed by atoms with Crippen LogP contribution in [0, 0.1) is 6.92 Å². The molecule has 82 valence electrons. The Morgan fingerprint density at radius 2 is 1.80 bits per heavy atom. The van der Waals surface area contributed by atoms with Gasteiger partial charge in [0.05, 0.1) is 15.7 Å². The average Bonchev–Trinajstić information content (AvgIpc) is 2.15. The molecule has 0 aromatic carbocycles. The summed E-state index contributed by atoms with van der Waals surface area (Å²) in [6, 6.07) is 0. The summed E-state index contributed by atoms with van der Waals surface area (Å²) in [6.45, 7) is 4.72. The number of nitrogens with zero attached hydrogens (tertiary/aromatic N) is 1. The van der Waals surface area contributed by atoms with Gasteiger partial charge in [-0.3, -0.25) is 0 Å². The molecule has 0 unspecified atom stereocenters. The number of pyridine rings is 1. The second kappa shape index (κ2) is 4.29. The Morgan fingerprint density at radius 3 is 2.27 bits per heavy atom. The normalized spacial score (nSPS) is 11.5. The molecule has 0 amide bonds. The number of aromatic nitrogens is 1. The minimum absolute atomic E-state index is 0.0377. The van der Waals surface area contributed by atoms with Gasteiger partial charge < -0.3 is 0 Å². The number of sulfone groups is 1. The van der Waals surface area contributed by atoms with E-state index >= 15 is 0 Å². The molecule has 0 spiro atoms. The second-order valence-corrected chi connectivity index (χ2v) is 5.60. The third-order valence-corrected chi connectivity index (χ3v) is 4.51. The van der Waals surface area contributed by atoms with Crippen molar-refractivity contribution in [2.45, 2.75) is 11.8 Å². The predicted molar refractivity (Wildman–Crippen MR) is 61.4 cm³/mol. The van der Waals surface area contributed by atoms with Gasteiger partial charge in [0.15, 0.2) is 0 Å². The molecule has 1 rings (SSSR count). The van der Waals surface area contributed by atoms with E-state index in [-0.39, 0.29) is 20.1 Å². The van der Waals surface area contributed by atoms with Crippen molar-refractivity contribution in [3.8, 4) is 0 Å². The van der Waals surface area contributed by atoms with Crippen molar-refractivity contribution in [1.82, 2.24) is 4.98 Å². The number of halogens is 3. The summed E-state index contributed by atoms with van der Waals surface area (Å²) in [5.74, 6) is 0. The van der Waals surface area contributed by atoms with E-state index in [1.165, 1.54) is 6.92 Å². The first-order chi connectivity index (χ1) is 6.81. The Bertz CT molecular complexity index is 499. The Balaban J connectivity index is 3.76. The monoisotopic (exact) mass is 285 g/mol. The van der Waals surface area contributed by atoms with Crippen molar-refractivity contribution in [2.24, 2.45) is 0 Å². The predicted octanol–water partition coefficient (Wildman–Crippen LogP) is 3.27. The topological polar surface area (TPSA) is 47.0 Å². The van der Waals surface area contributed by atoms with Gasteiger partial charge in [-0.05, 0) is 6.92 Å². The number of hydrogen-bond acceptors (Lipinski definition) is 3. The van der Waals surface area contributed by atoms with Crippen molar-refractivity contribution in [2.75, 3.05) is 0 Å². The van der Waals surface area contributed by atoms with E-state index in [0.29, 0.717) is 5.69 Å². The molecule has 0 N–H and O–H groups in total. The highest BCUT2D eigenvalue weighted by atomic mass is 35.5. The van der Waals surface area contributed by atoms with Gasteiger partial charge in [-0.2, -0.15) is 0 Å². The van der Waals surface area contributed by atoms with Crippen LogP contribution in [-0.4, -0.2) is 13.4 Å². The van der Waals surface area contributed by atoms with E-state index in [9.17, 15) is 8.42 Å². The minimum atomic E-state index is -3.73. The van der Waals surface area contributed by atoms with Crippen LogP contribution in [0.3, 0.4) is 0 Å². The van der Waals surface area contributed by atoms with E-state index in [4.69, 9.17) is 34.8 Å². The summed E-state index contributed by atoms with van der Waals surface area (Å²) < 4.78 is 23.1.